The third-order valence-electron chi connectivity index (χ3n) is 7.74. The van der Waals surface area contributed by atoms with Crippen LogP contribution in [0.2, 0.25) is 0 Å². The first-order chi connectivity index (χ1) is 14.9. The predicted octanol–water partition coefficient (Wildman–Crippen LogP) is 6.56. The van der Waals surface area contributed by atoms with Gasteiger partial charge in [0.2, 0.25) is 0 Å². The number of fused-ring (bicyclic) bond motifs is 6. The van der Waals surface area contributed by atoms with Crippen LogP contribution in [-0.2, 0) is 6.16 Å². The van der Waals surface area contributed by atoms with Gasteiger partial charge in [0.25, 0.3) is 0 Å². The third kappa shape index (κ3) is 3.25. The molecule has 1 saturated carbocycles. The molecule has 6 rings (SSSR count). The van der Waals surface area contributed by atoms with E-state index in [1.54, 1.807) is 16.7 Å². The van der Waals surface area contributed by atoms with Gasteiger partial charge in [-0.25, -0.2) is 0 Å². The molecule has 3 aromatic rings. The lowest BCUT2D eigenvalue weighted by Gasteiger charge is -2.29. The molecule has 2 aliphatic carbocycles. The van der Waals surface area contributed by atoms with E-state index in [1.165, 1.54) is 78.5 Å². The summed E-state index contributed by atoms with van der Waals surface area (Å²) in [6.45, 7) is 0. The van der Waals surface area contributed by atoms with Crippen LogP contribution in [0.5, 0.6) is 0 Å². The Morgan fingerprint density at radius 3 is 2.47 bits per heavy atom. The second-order valence-corrected chi connectivity index (χ2v) is 12.1. The molecular weight excluding hydrogens is 379 g/mol. The van der Waals surface area contributed by atoms with Crippen LogP contribution in [0.3, 0.4) is 0 Å². The van der Waals surface area contributed by atoms with Gasteiger partial charge in [0.1, 0.15) is 0 Å². The van der Waals surface area contributed by atoms with Crippen molar-refractivity contribution < 1.29 is 0 Å². The van der Waals surface area contributed by atoms with Gasteiger partial charge < -0.3 is 0 Å². The minimum Gasteiger partial charge on any atom is -0.0984 e. The molecular formula is C29H31P. The van der Waals surface area contributed by atoms with Crippen molar-refractivity contribution in [3.05, 3.63) is 82.2 Å². The van der Waals surface area contributed by atoms with Crippen LogP contribution in [0.1, 0.15) is 56.1 Å². The van der Waals surface area contributed by atoms with E-state index in [1.807, 2.05) is 0 Å². The second kappa shape index (κ2) is 7.97. The van der Waals surface area contributed by atoms with E-state index in [2.05, 4.69) is 66.7 Å². The maximum Gasteiger partial charge on any atom is -0.00641 e. The molecule has 3 aliphatic rings. The Hall–Kier alpha value is -1.91. The summed E-state index contributed by atoms with van der Waals surface area (Å²) in [6.07, 6.45) is 15.3. The highest BCUT2D eigenvalue weighted by atomic mass is 31.1. The van der Waals surface area contributed by atoms with Crippen LogP contribution in [0, 0.1) is 5.92 Å². The summed E-state index contributed by atoms with van der Waals surface area (Å²) >= 11 is 0. The minimum absolute atomic E-state index is 0.0508. The van der Waals surface area contributed by atoms with Gasteiger partial charge in [-0.2, -0.15) is 0 Å². The van der Waals surface area contributed by atoms with Crippen molar-refractivity contribution in [3.63, 3.8) is 0 Å². The average molecular weight is 411 g/mol. The number of rotatable bonds is 1. The van der Waals surface area contributed by atoms with Crippen molar-refractivity contribution in [3.8, 4) is 0 Å². The van der Waals surface area contributed by atoms with E-state index in [-0.39, 0.29) is 7.92 Å². The Morgan fingerprint density at radius 2 is 1.57 bits per heavy atom. The predicted molar refractivity (Wildman–Crippen MR) is 132 cm³/mol. The molecule has 1 aliphatic heterocycles. The Balaban J connectivity index is 1.60. The van der Waals surface area contributed by atoms with Crippen molar-refractivity contribution in [2.75, 3.05) is 6.16 Å². The third-order valence-corrected chi connectivity index (χ3v) is 10.9. The van der Waals surface area contributed by atoms with Crippen LogP contribution in [0.15, 0.2) is 60.7 Å². The number of hydrogen-bond donors (Lipinski definition) is 0. The summed E-state index contributed by atoms with van der Waals surface area (Å²) in [6, 6.07) is 23.1. The summed E-state index contributed by atoms with van der Waals surface area (Å²) in [5.41, 5.74) is 5.88. The van der Waals surface area contributed by atoms with E-state index in [0.717, 1.165) is 5.66 Å². The summed E-state index contributed by atoms with van der Waals surface area (Å²) in [7, 11) is 0.0508. The molecule has 1 heterocycles. The molecule has 0 spiro atoms. The second-order valence-electron chi connectivity index (χ2n) is 9.53. The van der Waals surface area contributed by atoms with Crippen LogP contribution < -0.4 is 10.4 Å². The smallest absolute Gasteiger partial charge is 0.00641 e. The summed E-state index contributed by atoms with van der Waals surface area (Å²) in [4.78, 5) is 0. The lowest BCUT2D eigenvalue weighted by molar-refractivity contribution is 0.697. The molecule has 0 N–H and O–H groups in total. The van der Waals surface area contributed by atoms with Gasteiger partial charge in [-0.1, -0.05) is 100 Å². The molecule has 0 amide bonds. The van der Waals surface area contributed by atoms with Gasteiger partial charge in [0.05, 0.1) is 0 Å². The molecule has 1 heteroatoms. The Labute approximate surface area is 181 Å². The van der Waals surface area contributed by atoms with Crippen molar-refractivity contribution in [1.29, 1.82) is 0 Å². The van der Waals surface area contributed by atoms with Gasteiger partial charge in [0, 0.05) is 0 Å². The maximum absolute atomic E-state index is 2.53. The molecule has 0 saturated heterocycles. The standard InChI is InChI=1S/C29H31P/c1-2-4-12-25(11-3-1)30-19-23-17-15-21-9-5-7-13-26(21)28(23)29-24(20-30)18-16-22-10-6-8-14-27(22)29/h5-10,13-17,24-25H,1-4,11-12,18-20H2. The van der Waals surface area contributed by atoms with Crippen LogP contribution in [0.25, 0.3) is 22.4 Å². The van der Waals surface area contributed by atoms with E-state index in [0.29, 0.717) is 5.92 Å². The summed E-state index contributed by atoms with van der Waals surface area (Å²) in [5.74, 6) is 0.696. The Bertz CT molecular complexity index is 1200. The van der Waals surface area contributed by atoms with Crippen molar-refractivity contribution in [2.24, 2.45) is 5.92 Å². The number of benzene rings is 3. The zero-order valence-corrected chi connectivity index (χ0v) is 18.7. The molecule has 0 aromatic heterocycles. The van der Waals surface area contributed by atoms with E-state index < -0.39 is 0 Å². The first kappa shape index (κ1) is 18.8. The Kier molecular flexibility index (Phi) is 5.00. The fraction of sp³-hybridized carbons (Fsp3) is 0.379. The van der Waals surface area contributed by atoms with E-state index in [9.17, 15) is 0 Å². The molecule has 2 unspecified atom stereocenters. The zero-order chi connectivity index (χ0) is 19.9. The van der Waals surface area contributed by atoms with Crippen LogP contribution in [0.4, 0.5) is 0 Å². The molecule has 0 radical (unpaired) electrons. The summed E-state index contributed by atoms with van der Waals surface area (Å²) < 4.78 is 0. The highest BCUT2D eigenvalue weighted by Crippen LogP contribution is 2.56. The van der Waals surface area contributed by atoms with Gasteiger partial charge in [-0.05, 0) is 81.1 Å². The highest BCUT2D eigenvalue weighted by Gasteiger charge is 2.33. The van der Waals surface area contributed by atoms with Gasteiger partial charge in [-0.15, -0.1) is 0 Å². The normalized spacial score (nSPS) is 24.2. The highest BCUT2D eigenvalue weighted by molar-refractivity contribution is 7.57. The molecule has 3 aromatic carbocycles. The molecule has 0 bridgehead atoms. The molecule has 152 valence electrons. The monoisotopic (exact) mass is 410 g/mol. The average Bonchev–Trinajstić information content (AvgIpc) is 3.16. The van der Waals surface area contributed by atoms with Crippen molar-refractivity contribution in [2.45, 2.75) is 56.8 Å². The first-order valence-corrected chi connectivity index (χ1v) is 13.7. The zero-order valence-electron chi connectivity index (χ0n) is 17.8. The van der Waals surface area contributed by atoms with Crippen molar-refractivity contribution >= 4 is 30.3 Å². The first-order valence-electron chi connectivity index (χ1n) is 11.9. The molecule has 2 atom stereocenters. The fourth-order valence-electron chi connectivity index (χ4n) is 6.27. The fourth-order valence-corrected chi connectivity index (χ4v) is 9.65. The summed E-state index contributed by atoms with van der Waals surface area (Å²) in [5, 5.41) is 5.83. The number of hydrogen-bond acceptors (Lipinski definition) is 0. The largest absolute Gasteiger partial charge is 0.0984 e. The van der Waals surface area contributed by atoms with Crippen molar-refractivity contribution in [1.82, 2.24) is 0 Å². The lowest BCUT2D eigenvalue weighted by atomic mass is 9.82. The Morgan fingerprint density at radius 1 is 0.767 bits per heavy atom. The molecule has 1 fully saturated rings. The molecule has 30 heavy (non-hydrogen) atoms. The maximum atomic E-state index is 2.53. The van der Waals surface area contributed by atoms with E-state index >= 15 is 0 Å². The van der Waals surface area contributed by atoms with Gasteiger partial charge >= 0.3 is 0 Å². The van der Waals surface area contributed by atoms with Gasteiger partial charge in [0.15, 0.2) is 0 Å². The van der Waals surface area contributed by atoms with Gasteiger partial charge in [-0.3, -0.25) is 0 Å². The quantitative estimate of drug-likeness (QED) is 0.315. The topological polar surface area (TPSA) is 0 Å². The minimum atomic E-state index is 0.0508. The molecule has 0 nitrogen and oxygen atoms in total. The SMILES string of the molecule is C1=c2ccccc2=C2c3c(ccc4ccccc34)CP(C3CCCCCC3)CC2C1. The van der Waals surface area contributed by atoms with Crippen LogP contribution >= 0.6 is 7.92 Å². The van der Waals surface area contributed by atoms with Crippen LogP contribution in [-0.4, -0.2) is 11.8 Å². The lowest BCUT2D eigenvalue weighted by Crippen LogP contribution is -2.33. The van der Waals surface area contributed by atoms with E-state index in [4.69, 9.17) is 0 Å².